The molecule has 2 atom stereocenters. The van der Waals surface area contributed by atoms with E-state index in [0.29, 0.717) is 29.2 Å². The minimum Gasteiger partial charge on any atom is -0.493 e. The summed E-state index contributed by atoms with van der Waals surface area (Å²) in [5, 5.41) is 15.2. The fourth-order valence-corrected chi connectivity index (χ4v) is 4.16. The molecule has 7 nitrogen and oxygen atoms in total. The number of hydrogen-bond donors (Lipinski definition) is 1. The van der Waals surface area contributed by atoms with Crippen LogP contribution in [0.25, 0.3) is 0 Å². The summed E-state index contributed by atoms with van der Waals surface area (Å²) < 4.78 is 10.8. The van der Waals surface area contributed by atoms with Gasteiger partial charge in [-0.1, -0.05) is 24.3 Å². The quantitative estimate of drug-likeness (QED) is 0.721. The van der Waals surface area contributed by atoms with Gasteiger partial charge >= 0.3 is 5.97 Å². The number of rotatable bonds is 6. The van der Waals surface area contributed by atoms with Crippen LogP contribution < -0.4 is 14.5 Å². The summed E-state index contributed by atoms with van der Waals surface area (Å²) in [6.07, 6.45) is 5.48. The molecule has 1 amide bonds. The second kappa shape index (κ2) is 8.63. The lowest BCUT2D eigenvalue weighted by molar-refractivity contribution is -0.136. The molecule has 1 N–H and O–H groups in total. The predicted molar refractivity (Wildman–Crippen MR) is 117 cm³/mol. The van der Waals surface area contributed by atoms with Gasteiger partial charge in [0.05, 0.1) is 38.0 Å². The molecule has 160 valence electrons. The molecule has 7 heteroatoms. The third-order valence-electron chi connectivity index (χ3n) is 5.73. The number of nitrogens with zero attached hydrogens (tertiary/aromatic N) is 2. The minimum atomic E-state index is -0.896. The normalized spacial score (nSPS) is 20.1. The zero-order valence-corrected chi connectivity index (χ0v) is 17.4. The average Bonchev–Trinajstić information content (AvgIpc) is 2.79. The highest BCUT2D eigenvalue weighted by atomic mass is 16.5. The molecule has 0 fully saturated rings. The maximum absolute atomic E-state index is 13.3. The Bertz CT molecular complexity index is 1060. The molecule has 2 aliphatic rings. The summed E-state index contributed by atoms with van der Waals surface area (Å²) >= 11 is 0. The third kappa shape index (κ3) is 4.03. The lowest BCUT2D eigenvalue weighted by atomic mass is 9.76. The van der Waals surface area contributed by atoms with Crippen molar-refractivity contribution in [1.82, 2.24) is 0 Å². The fourth-order valence-electron chi connectivity index (χ4n) is 4.16. The maximum atomic E-state index is 13.3. The number of hydrogen-bond acceptors (Lipinski definition) is 5. The first-order valence-corrected chi connectivity index (χ1v) is 10.1. The van der Waals surface area contributed by atoms with Crippen LogP contribution in [0.2, 0.25) is 0 Å². The Kier molecular flexibility index (Phi) is 5.75. The topological polar surface area (TPSA) is 88.4 Å². The highest BCUT2D eigenvalue weighted by Crippen LogP contribution is 2.38. The van der Waals surface area contributed by atoms with Crippen molar-refractivity contribution in [2.75, 3.05) is 19.2 Å². The second-order valence-corrected chi connectivity index (χ2v) is 7.60. The smallest absolute Gasteiger partial charge is 0.307 e. The minimum absolute atomic E-state index is 0.0156. The number of carboxylic acids is 1. The Morgan fingerprint density at radius 2 is 1.71 bits per heavy atom. The Morgan fingerprint density at radius 1 is 1.03 bits per heavy atom. The highest BCUT2D eigenvalue weighted by Gasteiger charge is 2.40. The van der Waals surface area contributed by atoms with Crippen LogP contribution in [-0.2, 0) is 16.0 Å². The van der Waals surface area contributed by atoms with E-state index in [4.69, 9.17) is 19.7 Å². The SMILES string of the molecule is COc1ccc(C2=NN(c3ccc(CC(=O)O)cc3)C(=O)[C@H]3CC=CC[C@@H]23)cc1OC. The fraction of sp³-hybridized carbons (Fsp3) is 0.292. The molecule has 1 aliphatic heterocycles. The number of carboxylic acid groups (broad SMARTS) is 1. The Labute approximate surface area is 180 Å². The number of fused-ring (bicyclic) bond motifs is 1. The number of amides is 1. The number of aliphatic carboxylic acids is 1. The molecule has 31 heavy (non-hydrogen) atoms. The first kappa shape index (κ1) is 20.7. The second-order valence-electron chi connectivity index (χ2n) is 7.60. The van der Waals surface area contributed by atoms with Gasteiger partial charge in [0.2, 0.25) is 0 Å². The van der Waals surface area contributed by atoms with Gasteiger partial charge in [-0.05, 0) is 48.7 Å². The van der Waals surface area contributed by atoms with Crippen LogP contribution in [0.5, 0.6) is 11.5 Å². The molecule has 0 saturated carbocycles. The van der Waals surface area contributed by atoms with Crippen LogP contribution >= 0.6 is 0 Å². The summed E-state index contributed by atoms with van der Waals surface area (Å²) in [7, 11) is 3.18. The van der Waals surface area contributed by atoms with Gasteiger partial charge in [-0.15, -0.1) is 0 Å². The molecule has 4 rings (SSSR count). The monoisotopic (exact) mass is 420 g/mol. The van der Waals surface area contributed by atoms with E-state index >= 15 is 0 Å². The number of hydrazone groups is 1. The Hall–Kier alpha value is -3.61. The number of anilines is 1. The summed E-state index contributed by atoms with van der Waals surface area (Å²) in [4.78, 5) is 24.2. The van der Waals surface area contributed by atoms with E-state index < -0.39 is 5.97 Å². The first-order chi connectivity index (χ1) is 15.0. The molecule has 0 bridgehead atoms. The summed E-state index contributed by atoms with van der Waals surface area (Å²) in [6, 6.07) is 12.6. The van der Waals surface area contributed by atoms with E-state index in [2.05, 4.69) is 6.08 Å². The van der Waals surface area contributed by atoms with E-state index in [1.807, 2.05) is 24.3 Å². The number of carbonyl (C=O) groups excluding carboxylic acids is 1. The lowest BCUT2D eigenvalue weighted by Crippen LogP contribution is -2.45. The highest BCUT2D eigenvalue weighted by molar-refractivity contribution is 6.11. The molecule has 1 aliphatic carbocycles. The van der Waals surface area contributed by atoms with Crippen molar-refractivity contribution < 1.29 is 24.2 Å². The number of ether oxygens (including phenoxy) is 2. The molecule has 0 spiro atoms. The molecular formula is C24H24N2O5. The molecule has 2 aromatic carbocycles. The van der Waals surface area contributed by atoms with Gasteiger partial charge in [0.15, 0.2) is 11.5 Å². The zero-order chi connectivity index (χ0) is 22.0. The summed E-state index contributed by atoms with van der Waals surface area (Å²) in [5.74, 6) is 0.0659. The van der Waals surface area contributed by atoms with Crippen molar-refractivity contribution in [3.05, 3.63) is 65.7 Å². The van der Waals surface area contributed by atoms with Crippen molar-refractivity contribution in [1.29, 1.82) is 0 Å². The molecule has 0 unspecified atom stereocenters. The van der Waals surface area contributed by atoms with Crippen molar-refractivity contribution >= 4 is 23.3 Å². The Morgan fingerprint density at radius 3 is 2.35 bits per heavy atom. The van der Waals surface area contributed by atoms with Gasteiger partial charge in [-0.2, -0.15) is 5.10 Å². The maximum Gasteiger partial charge on any atom is 0.307 e. The number of carbonyl (C=O) groups is 2. The van der Waals surface area contributed by atoms with Gasteiger partial charge in [-0.3, -0.25) is 9.59 Å². The van der Waals surface area contributed by atoms with Gasteiger partial charge in [0, 0.05) is 11.5 Å². The first-order valence-electron chi connectivity index (χ1n) is 10.1. The van der Waals surface area contributed by atoms with Gasteiger partial charge in [-0.25, -0.2) is 5.01 Å². The molecule has 2 aromatic rings. The van der Waals surface area contributed by atoms with Crippen molar-refractivity contribution in [3.63, 3.8) is 0 Å². The van der Waals surface area contributed by atoms with Crippen LogP contribution in [0.1, 0.15) is 24.0 Å². The Balaban J connectivity index is 1.76. The number of allylic oxidation sites excluding steroid dienone is 2. The van der Waals surface area contributed by atoms with E-state index in [1.165, 1.54) is 5.01 Å². The zero-order valence-electron chi connectivity index (χ0n) is 17.4. The van der Waals surface area contributed by atoms with Crippen molar-refractivity contribution in [2.45, 2.75) is 19.3 Å². The van der Waals surface area contributed by atoms with Gasteiger partial charge in [0.1, 0.15) is 0 Å². The molecule has 1 heterocycles. The lowest BCUT2D eigenvalue weighted by Gasteiger charge is -2.37. The molecule has 0 aromatic heterocycles. The van der Waals surface area contributed by atoms with Crippen LogP contribution in [0.15, 0.2) is 59.7 Å². The van der Waals surface area contributed by atoms with E-state index in [1.54, 1.807) is 38.5 Å². The van der Waals surface area contributed by atoms with Gasteiger partial charge in [0.25, 0.3) is 5.91 Å². The standard InChI is InChI=1S/C24H24N2O5/c1-30-20-12-9-16(14-21(20)31-2)23-18-5-3-4-6-19(18)24(29)26(25-23)17-10-7-15(8-11-17)13-22(27)28/h3-4,7-12,14,18-19H,5-6,13H2,1-2H3,(H,27,28)/t18-,19+/m1/s1. The third-order valence-corrected chi connectivity index (χ3v) is 5.73. The predicted octanol–water partition coefficient (Wildman–Crippen LogP) is 3.66. The molecule has 0 saturated heterocycles. The van der Waals surface area contributed by atoms with E-state index in [9.17, 15) is 9.59 Å². The van der Waals surface area contributed by atoms with Crippen LogP contribution in [-0.4, -0.2) is 36.9 Å². The van der Waals surface area contributed by atoms with Crippen LogP contribution in [0.3, 0.4) is 0 Å². The number of benzene rings is 2. The average molecular weight is 420 g/mol. The molecular weight excluding hydrogens is 396 g/mol. The van der Waals surface area contributed by atoms with Crippen LogP contribution in [0, 0.1) is 11.8 Å². The van der Waals surface area contributed by atoms with Crippen molar-refractivity contribution in [2.24, 2.45) is 16.9 Å². The molecule has 0 radical (unpaired) electrons. The van der Waals surface area contributed by atoms with E-state index in [-0.39, 0.29) is 24.2 Å². The summed E-state index contributed by atoms with van der Waals surface area (Å²) in [6.45, 7) is 0. The largest absolute Gasteiger partial charge is 0.493 e. The van der Waals surface area contributed by atoms with Crippen LogP contribution in [0.4, 0.5) is 5.69 Å². The summed E-state index contributed by atoms with van der Waals surface area (Å²) in [5.41, 5.74) is 2.99. The van der Waals surface area contributed by atoms with E-state index in [0.717, 1.165) is 17.7 Å². The van der Waals surface area contributed by atoms with Crippen molar-refractivity contribution in [3.8, 4) is 11.5 Å². The number of methoxy groups -OCH3 is 2. The van der Waals surface area contributed by atoms with Gasteiger partial charge < -0.3 is 14.6 Å².